The van der Waals surface area contributed by atoms with Crippen LogP contribution in [-0.2, 0) is 28.6 Å². The number of nitrogens with one attached hydrogen (secondary N) is 3. The van der Waals surface area contributed by atoms with Gasteiger partial charge >= 0.3 is 12.1 Å². The molecule has 3 rings (SSSR count). The van der Waals surface area contributed by atoms with E-state index in [9.17, 15) is 29.4 Å². The summed E-state index contributed by atoms with van der Waals surface area (Å²) in [7, 11) is 0. The van der Waals surface area contributed by atoms with E-state index in [2.05, 4.69) is 16.0 Å². The van der Waals surface area contributed by atoms with Crippen LogP contribution >= 0.6 is 0 Å². The van der Waals surface area contributed by atoms with E-state index in [0.717, 1.165) is 57.8 Å². The number of esters is 1. The van der Waals surface area contributed by atoms with Crippen molar-refractivity contribution in [2.75, 3.05) is 6.61 Å². The first-order valence-corrected chi connectivity index (χ1v) is 14.5. The van der Waals surface area contributed by atoms with Crippen molar-refractivity contribution in [2.45, 2.75) is 140 Å². The predicted molar refractivity (Wildman–Crippen MR) is 139 cm³/mol. The molecule has 222 valence electrons. The van der Waals surface area contributed by atoms with Crippen molar-refractivity contribution < 1.29 is 43.6 Å². The first-order valence-electron chi connectivity index (χ1n) is 14.5. The van der Waals surface area contributed by atoms with E-state index in [1.54, 1.807) is 0 Å². The maximum atomic E-state index is 12.7. The molecule has 0 spiro atoms. The summed E-state index contributed by atoms with van der Waals surface area (Å²) in [5.41, 5.74) is 0. The number of aliphatic hydroxyl groups is 2. The van der Waals surface area contributed by atoms with E-state index in [4.69, 9.17) is 14.2 Å². The summed E-state index contributed by atoms with van der Waals surface area (Å²) in [6.45, 7) is 1.39. The summed E-state index contributed by atoms with van der Waals surface area (Å²) in [6, 6.07) is -1.12. The molecule has 3 amide bonds. The Morgan fingerprint density at radius 3 is 2.00 bits per heavy atom. The van der Waals surface area contributed by atoms with Crippen LogP contribution in [0.3, 0.4) is 0 Å². The van der Waals surface area contributed by atoms with Gasteiger partial charge in [0.05, 0.1) is 6.42 Å². The summed E-state index contributed by atoms with van der Waals surface area (Å²) in [5.74, 6) is -1.27. The minimum Gasteiger partial charge on any atom is -0.463 e. The Kier molecular flexibility index (Phi) is 12.7. The van der Waals surface area contributed by atoms with Crippen LogP contribution in [0.2, 0.25) is 0 Å². The van der Waals surface area contributed by atoms with Gasteiger partial charge in [0.15, 0.2) is 12.4 Å². The van der Waals surface area contributed by atoms with Crippen molar-refractivity contribution in [1.82, 2.24) is 16.0 Å². The number of alkyl carbamates (subject to hydrolysis) is 1. The molecule has 0 radical (unpaired) electrons. The molecule has 0 aromatic rings. The van der Waals surface area contributed by atoms with Crippen molar-refractivity contribution in [3.63, 3.8) is 0 Å². The van der Waals surface area contributed by atoms with Crippen LogP contribution in [0.5, 0.6) is 0 Å². The maximum Gasteiger partial charge on any atom is 0.407 e. The topological polar surface area (TPSA) is 173 Å². The summed E-state index contributed by atoms with van der Waals surface area (Å²) < 4.78 is 16.2. The monoisotopic (exact) mass is 555 g/mol. The second-order valence-corrected chi connectivity index (χ2v) is 10.8. The number of amides is 3. The Morgan fingerprint density at radius 2 is 1.38 bits per heavy atom. The van der Waals surface area contributed by atoms with Gasteiger partial charge in [0.25, 0.3) is 0 Å². The standard InChI is InChI=1S/C27H45N3O9/c1-2-9-20(31)30-23-25(39-27(36)29-18-12-7-4-8-13-18)24(34)19(38-26(23)35)16-37-22(33)15-14-21(32)28-17-10-5-3-6-11-17/h17-19,23-26,34-35H,2-16H2,1H3,(H,28,32)(H,29,36)(H,30,31)/t19-,23-,24-,25-,26?/m1/s1. The lowest BCUT2D eigenvalue weighted by Crippen LogP contribution is -2.65. The highest BCUT2D eigenvalue weighted by atomic mass is 16.6. The van der Waals surface area contributed by atoms with Crippen molar-refractivity contribution >= 4 is 23.9 Å². The Balaban J connectivity index is 1.53. The zero-order valence-electron chi connectivity index (χ0n) is 22.9. The minimum absolute atomic E-state index is 0.0232. The molecule has 1 saturated heterocycles. The predicted octanol–water partition coefficient (Wildman–Crippen LogP) is 1.55. The molecule has 2 saturated carbocycles. The molecule has 1 unspecified atom stereocenters. The van der Waals surface area contributed by atoms with Gasteiger partial charge in [-0.1, -0.05) is 45.4 Å². The van der Waals surface area contributed by atoms with Crippen molar-refractivity contribution in [3.8, 4) is 0 Å². The van der Waals surface area contributed by atoms with Gasteiger partial charge in [0.2, 0.25) is 11.8 Å². The molecule has 3 aliphatic rings. The molecule has 0 bridgehead atoms. The number of rotatable bonds is 11. The normalized spacial score (nSPS) is 28.2. The van der Waals surface area contributed by atoms with Gasteiger partial charge in [-0.25, -0.2) is 4.79 Å². The lowest BCUT2D eigenvalue weighted by molar-refractivity contribution is -0.255. The average molecular weight is 556 g/mol. The molecule has 1 aliphatic heterocycles. The Labute approximate surface area is 229 Å². The molecular formula is C27H45N3O9. The highest BCUT2D eigenvalue weighted by Gasteiger charge is 2.48. The van der Waals surface area contributed by atoms with Crippen molar-refractivity contribution in [3.05, 3.63) is 0 Å². The summed E-state index contributed by atoms with van der Waals surface area (Å²) >= 11 is 0. The first-order chi connectivity index (χ1) is 18.8. The molecule has 39 heavy (non-hydrogen) atoms. The number of hydrogen-bond donors (Lipinski definition) is 5. The van der Waals surface area contributed by atoms with E-state index in [1.807, 2.05) is 6.92 Å². The smallest absolute Gasteiger partial charge is 0.407 e. The minimum atomic E-state index is -1.62. The molecule has 12 nitrogen and oxygen atoms in total. The molecular weight excluding hydrogens is 510 g/mol. The fraction of sp³-hybridized carbons (Fsp3) is 0.852. The van der Waals surface area contributed by atoms with E-state index < -0.39 is 55.2 Å². The SMILES string of the molecule is CCCC(=O)N[C@H]1C(O)O[C@H](COC(=O)CCC(=O)NC2CCCCC2)[C@@H](O)[C@@H]1OC(=O)NC1CCCCC1. The third kappa shape index (κ3) is 10.2. The number of ether oxygens (including phenoxy) is 3. The number of aliphatic hydroxyl groups excluding tert-OH is 2. The quantitative estimate of drug-likeness (QED) is 0.237. The summed E-state index contributed by atoms with van der Waals surface area (Å²) in [5, 5.41) is 29.9. The Hall–Kier alpha value is -2.44. The highest BCUT2D eigenvalue weighted by molar-refractivity contribution is 5.81. The van der Waals surface area contributed by atoms with Crippen LogP contribution in [0.25, 0.3) is 0 Å². The summed E-state index contributed by atoms with van der Waals surface area (Å²) in [6.07, 6.45) is 4.07. The number of hydrogen-bond acceptors (Lipinski definition) is 9. The van der Waals surface area contributed by atoms with Crippen LogP contribution in [0.15, 0.2) is 0 Å². The third-order valence-electron chi connectivity index (χ3n) is 7.60. The van der Waals surface area contributed by atoms with Crippen LogP contribution in [0, 0.1) is 0 Å². The van der Waals surface area contributed by atoms with Crippen LogP contribution in [0.4, 0.5) is 4.79 Å². The molecule has 0 aromatic carbocycles. The molecule has 3 fully saturated rings. The van der Waals surface area contributed by atoms with E-state index in [1.165, 1.54) is 6.42 Å². The van der Waals surface area contributed by atoms with E-state index in [0.29, 0.717) is 6.42 Å². The van der Waals surface area contributed by atoms with E-state index >= 15 is 0 Å². The molecule has 2 aliphatic carbocycles. The molecule has 0 aromatic heterocycles. The average Bonchev–Trinajstić information content (AvgIpc) is 2.92. The van der Waals surface area contributed by atoms with Crippen molar-refractivity contribution in [1.29, 1.82) is 0 Å². The second-order valence-electron chi connectivity index (χ2n) is 10.8. The van der Waals surface area contributed by atoms with Crippen LogP contribution in [0.1, 0.15) is 96.8 Å². The van der Waals surface area contributed by atoms with E-state index in [-0.39, 0.29) is 37.3 Å². The molecule has 5 atom stereocenters. The maximum absolute atomic E-state index is 12.7. The molecule has 1 heterocycles. The fourth-order valence-electron chi connectivity index (χ4n) is 5.43. The van der Waals surface area contributed by atoms with Gasteiger partial charge in [-0.05, 0) is 32.1 Å². The Morgan fingerprint density at radius 1 is 0.795 bits per heavy atom. The lowest BCUT2D eigenvalue weighted by Gasteiger charge is -2.42. The zero-order chi connectivity index (χ0) is 28.2. The van der Waals surface area contributed by atoms with Crippen LogP contribution < -0.4 is 16.0 Å². The third-order valence-corrected chi connectivity index (χ3v) is 7.60. The second kappa shape index (κ2) is 16.0. The molecule has 12 heteroatoms. The van der Waals surface area contributed by atoms with Gasteiger partial charge in [-0.2, -0.15) is 0 Å². The number of carbonyl (C=O) groups is 4. The van der Waals surface area contributed by atoms with Gasteiger partial charge < -0.3 is 40.4 Å². The van der Waals surface area contributed by atoms with Crippen molar-refractivity contribution in [2.24, 2.45) is 0 Å². The molecule has 5 N–H and O–H groups in total. The lowest BCUT2D eigenvalue weighted by atomic mass is 9.95. The van der Waals surface area contributed by atoms with Gasteiger partial charge in [-0.3, -0.25) is 14.4 Å². The first kappa shape index (κ1) is 31.1. The summed E-state index contributed by atoms with van der Waals surface area (Å²) in [4.78, 5) is 49.3. The Bertz CT molecular complexity index is 814. The van der Waals surface area contributed by atoms with Crippen LogP contribution in [-0.4, -0.2) is 83.4 Å². The zero-order valence-corrected chi connectivity index (χ0v) is 22.9. The number of carbonyl (C=O) groups excluding carboxylic acids is 4. The van der Waals surface area contributed by atoms with Gasteiger partial charge in [0.1, 0.15) is 24.9 Å². The largest absolute Gasteiger partial charge is 0.463 e. The fourth-order valence-corrected chi connectivity index (χ4v) is 5.43. The van der Waals surface area contributed by atoms with Gasteiger partial charge in [-0.15, -0.1) is 0 Å². The van der Waals surface area contributed by atoms with Gasteiger partial charge in [0, 0.05) is 24.9 Å². The highest BCUT2D eigenvalue weighted by Crippen LogP contribution is 2.25.